The van der Waals surface area contributed by atoms with Crippen LogP contribution in [-0.4, -0.2) is 76.7 Å². The van der Waals surface area contributed by atoms with Crippen LogP contribution in [0.15, 0.2) is 0 Å². The van der Waals surface area contributed by atoms with Gasteiger partial charge in [-0.25, -0.2) is 9.59 Å². The van der Waals surface area contributed by atoms with Crippen LogP contribution in [0.3, 0.4) is 0 Å². The summed E-state index contributed by atoms with van der Waals surface area (Å²) in [6.07, 6.45) is 4.68. The van der Waals surface area contributed by atoms with E-state index in [0.29, 0.717) is 13.0 Å². The lowest BCUT2D eigenvalue weighted by atomic mass is 9.83. The van der Waals surface area contributed by atoms with E-state index < -0.39 is 70.7 Å². The van der Waals surface area contributed by atoms with Gasteiger partial charge in [0, 0.05) is 6.54 Å². The lowest BCUT2D eigenvalue weighted by Crippen LogP contribution is -2.61. The zero-order valence-electron chi connectivity index (χ0n) is 25.8. The molecule has 0 aromatic rings. The Morgan fingerprint density at radius 1 is 0.902 bits per heavy atom. The van der Waals surface area contributed by atoms with Crippen molar-refractivity contribution in [1.29, 1.82) is 0 Å². The van der Waals surface area contributed by atoms with Crippen LogP contribution in [0.5, 0.6) is 0 Å². The number of amides is 5. The summed E-state index contributed by atoms with van der Waals surface area (Å²) in [4.78, 5) is 78.2. The van der Waals surface area contributed by atoms with E-state index in [0.717, 1.165) is 32.1 Å². The summed E-state index contributed by atoms with van der Waals surface area (Å²) in [6.45, 7) is 14.2. The molecule has 1 heterocycles. The molecule has 1 aliphatic carbocycles. The van der Waals surface area contributed by atoms with E-state index in [1.807, 2.05) is 27.7 Å². The minimum Gasteiger partial charge on any atom is -0.458 e. The Labute approximate surface area is 243 Å². The number of carbonyl (C=O) groups excluding carboxylic acids is 6. The molecule has 0 aromatic heterocycles. The SMILES string of the molecule is CC(NC(=O)C1C[C@@H](C)CN1C(=O)C(NC(=O)NC(C(=O)OC(C)(C)C)C(C)(C)C)C1CCCCC1)C(=O)C(N)=O. The van der Waals surface area contributed by atoms with E-state index in [1.54, 1.807) is 20.8 Å². The topological polar surface area (TPSA) is 177 Å². The van der Waals surface area contributed by atoms with Crippen LogP contribution in [0.1, 0.15) is 93.9 Å². The number of ketones is 1. The van der Waals surface area contributed by atoms with Crippen LogP contribution < -0.4 is 21.7 Å². The minimum absolute atomic E-state index is 0.00452. The fourth-order valence-corrected chi connectivity index (χ4v) is 5.46. The van der Waals surface area contributed by atoms with Crippen molar-refractivity contribution < 1.29 is 33.5 Å². The van der Waals surface area contributed by atoms with Crippen LogP contribution in [0.4, 0.5) is 4.79 Å². The lowest BCUT2D eigenvalue weighted by Gasteiger charge is -2.36. The first kappa shape index (κ1) is 34.0. The molecule has 5 amide bonds. The van der Waals surface area contributed by atoms with Crippen molar-refractivity contribution in [2.75, 3.05) is 6.54 Å². The molecule has 5 atom stereocenters. The number of hydrogen-bond donors (Lipinski definition) is 4. The van der Waals surface area contributed by atoms with Gasteiger partial charge in [0.1, 0.15) is 23.7 Å². The highest BCUT2D eigenvalue weighted by Crippen LogP contribution is 2.31. The third-order valence-electron chi connectivity index (χ3n) is 7.55. The van der Waals surface area contributed by atoms with Crippen LogP contribution in [0.25, 0.3) is 0 Å². The van der Waals surface area contributed by atoms with Crippen LogP contribution in [0, 0.1) is 17.3 Å². The maximum absolute atomic E-state index is 14.0. The van der Waals surface area contributed by atoms with Gasteiger partial charge in [-0.15, -0.1) is 0 Å². The quantitative estimate of drug-likeness (QED) is 0.238. The first-order valence-electron chi connectivity index (χ1n) is 14.6. The zero-order valence-corrected chi connectivity index (χ0v) is 25.8. The molecular formula is C29H49N5O7. The number of ether oxygens (including phenoxy) is 1. The molecule has 0 spiro atoms. The normalized spacial score (nSPS) is 22.2. The Morgan fingerprint density at radius 2 is 1.49 bits per heavy atom. The molecule has 2 rings (SSSR count). The fraction of sp³-hybridized carbons (Fsp3) is 0.793. The predicted molar refractivity (Wildman–Crippen MR) is 152 cm³/mol. The first-order valence-corrected chi connectivity index (χ1v) is 14.6. The summed E-state index contributed by atoms with van der Waals surface area (Å²) < 4.78 is 5.54. The van der Waals surface area contributed by atoms with Crippen molar-refractivity contribution in [3.63, 3.8) is 0 Å². The van der Waals surface area contributed by atoms with Gasteiger partial charge in [0.25, 0.3) is 5.91 Å². The molecule has 5 N–H and O–H groups in total. The summed E-state index contributed by atoms with van der Waals surface area (Å²) in [7, 11) is 0. The van der Waals surface area contributed by atoms with Gasteiger partial charge >= 0.3 is 12.0 Å². The molecule has 1 aliphatic heterocycles. The second-order valence-corrected chi connectivity index (χ2v) is 13.6. The molecule has 232 valence electrons. The van der Waals surface area contributed by atoms with Crippen molar-refractivity contribution >= 4 is 35.5 Å². The van der Waals surface area contributed by atoms with Crippen molar-refractivity contribution in [2.24, 2.45) is 23.0 Å². The number of urea groups is 1. The van der Waals surface area contributed by atoms with E-state index in [1.165, 1.54) is 11.8 Å². The van der Waals surface area contributed by atoms with E-state index in [9.17, 15) is 28.8 Å². The lowest BCUT2D eigenvalue weighted by molar-refractivity contribution is -0.160. The van der Waals surface area contributed by atoms with Crippen LogP contribution in [0.2, 0.25) is 0 Å². The maximum atomic E-state index is 14.0. The van der Waals surface area contributed by atoms with Crippen molar-refractivity contribution in [3.8, 4) is 0 Å². The second-order valence-electron chi connectivity index (χ2n) is 13.6. The zero-order chi connectivity index (χ0) is 31.3. The fourth-order valence-electron chi connectivity index (χ4n) is 5.46. The number of nitrogens with zero attached hydrogens (tertiary/aromatic N) is 1. The summed E-state index contributed by atoms with van der Waals surface area (Å²) in [6, 6.07) is -4.57. The molecule has 12 nitrogen and oxygen atoms in total. The molecule has 1 saturated carbocycles. The van der Waals surface area contributed by atoms with Crippen LogP contribution in [-0.2, 0) is 28.7 Å². The van der Waals surface area contributed by atoms with Crippen LogP contribution >= 0.6 is 0 Å². The number of esters is 1. The van der Waals surface area contributed by atoms with Gasteiger partial charge in [0.15, 0.2) is 0 Å². The predicted octanol–water partition coefficient (Wildman–Crippen LogP) is 1.79. The minimum atomic E-state index is -1.15. The molecule has 0 radical (unpaired) electrons. The van der Waals surface area contributed by atoms with Gasteiger partial charge in [0.2, 0.25) is 17.6 Å². The molecule has 12 heteroatoms. The maximum Gasteiger partial charge on any atom is 0.329 e. The van der Waals surface area contributed by atoms with Gasteiger partial charge in [-0.2, -0.15) is 0 Å². The molecule has 1 saturated heterocycles. The highest BCUT2D eigenvalue weighted by Gasteiger charge is 2.44. The Balaban J connectivity index is 2.28. The van der Waals surface area contributed by atoms with Gasteiger partial charge in [-0.3, -0.25) is 19.2 Å². The van der Waals surface area contributed by atoms with E-state index >= 15 is 0 Å². The van der Waals surface area contributed by atoms with E-state index in [-0.39, 0.29) is 11.8 Å². The number of rotatable bonds is 9. The number of nitrogens with one attached hydrogen (secondary N) is 3. The molecule has 41 heavy (non-hydrogen) atoms. The monoisotopic (exact) mass is 579 g/mol. The number of Topliss-reactive ketones (excluding diaryl/α,β-unsaturated/α-hetero) is 1. The average Bonchev–Trinajstić information content (AvgIpc) is 3.25. The highest BCUT2D eigenvalue weighted by atomic mass is 16.6. The molecule has 0 bridgehead atoms. The summed E-state index contributed by atoms with van der Waals surface area (Å²) in [5, 5.41) is 8.07. The number of carbonyl (C=O) groups is 6. The first-order chi connectivity index (χ1) is 18.8. The molecule has 2 fully saturated rings. The third-order valence-corrected chi connectivity index (χ3v) is 7.55. The van der Waals surface area contributed by atoms with E-state index in [2.05, 4.69) is 16.0 Å². The van der Waals surface area contributed by atoms with Gasteiger partial charge in [0.05, 0.1) is 6.04 Å². The Hall–Kier alpha value is -3.18. The number of primary amides is 1. The number of nitrogens with two attached hydrogens (primary N) is 1. The molecular weight excluding hydrogens is 530 g/mol. The number of likely N-dealkylation sites (tertiary alicyclic amines) is 1. The second kappa shape index (κ2) is 13.7. The summed E-state index contributed by atoms with van der Waals surface area (Å²) >= 11 is 0. The number of hydrogen-bond acceptors (Lipinski definition) is 7. The summed E-state index contributed by atoms with van der Waals surface area (Å²) in [5.74, 6) is -3.77. The third kappa shape index (κ3) is 9.71. The van der Waals surface area contributed by atoms with Gasteiger partial charge < -0.3 is 31.3 Å². The van der Waals surface area contributed by atoms with E-state index in [4.69, 9.17) is 10.5 Å². The van der Waals surface area contributed by atoms with Crippen molar-refractivity contribution in [1.82, 2.24) is 20.9 Å². The molecule has 0 aromatic carbocycles. The van der Waals surface area contributed by atoms with Crippen molar-refractivity contribution in [3.05, 3.63) is 0 Å². The Bertz CT molecular complexity index is 1010. The van der Waals surface area contributed by atoms with Gasteiger partial charge in [-0.05, 0) is 64.2 Å². The molecule has 4 unspecified atom stereocenters. The molecule has 2 aliphatic rings. The highest BCUT2D eigenvalue weighted by molar-refractivity contribution is 6.37. The smallest absolute Gasteiger partial charge is 0.329 e. The Morgan fingerprint density at radius 3 is 2.00 bits per heavy atom. The largest absolute Gasteiger partial charge is 0.458 e. The average molecular weight is 580 g/mol. The van der Waals surface area contributed by atoms with Gasteiger partial charge in [-0.1, -0.05) is 47.0 Å². The Kier molecular flexibility index (Phi) is 11.3. The van der Waals surface area contributed by atoms with Crippen molar-refractivity contribution in [2.45, 2.75) is 124 Å². The standard InChI is InChI=1S/C29H49N5O7/c1-16-14-19(24(37)31-17(2)21(35)23(30)36)34(15-16)25(38)20(18-12-10-9-11-13-18)32-27(40)33-22(28(3,4)5)26(39)41-29(6,7)8/h16-20,22H,9-15H2,1-8H3,(H2,30,36)(H,31,37)(H2,32,33,40)/t16-,17?,19?,20?,22?/m1/s1. The summed E-state index contributed by atoms with van der Waals surface area (Å²) in [5.41, 5.74) is 3.64.